The molecule has 1 aliphatic carbocycles. The summed E-state index contributed by atoms with van der Waals surface area (Å²) in [5.41, 5.74) is 0.765. The van der Waals surface area contributed by atoms with Gasteiger partial charge >= 0.3 is 0 Å². The fourth-order valence-electron chi connectivity index (χ4n) is 3.93. The second-order valence-corrected chi connectivity index (χ2v) is 7.63. The second kappa shape index (κ2) is 9.15. The zero-order valence-electron chi connectivity index (χ0n) is 16.3. The van der Waals surface area contributed by atoms with Crippen molar-refractivity contribution in [3.8, 4) is 11.5 Å². The Kier molecular flexibility index (Phi) is 6.17. The van der Waals surface area contributed by atoms with Crippen molar-refractivity contribution >= 4 is 5.91 Å². The Balaban J connectivity index is 1.20. The van der Waals surface area contributed by atoms with Crippen molar-refractivity contribution in [2.24, 2.45) is 11.8 Å². The van der Waals surface area contributed by atoms with Gasteiger partial charge in [-0.05, 0) is 43.4 Å². The minimum absolute atomic E-state index is 0.00226. The SMILES string of the molecule is O=C(NCCC(O)CN1CCC2C=CC=CC2C1)c1noc(-c2ccccc2)n1. The third-order valence-corrected chi connectivity index (χ3v) is 5.51. The van der Waals surface area contributed by atoms with Gasteiger partial charge in [0.1, 0.15) is 0 Å². The smallest absolute Gasteiger partial charge is 0.292 e. The van der Waals surface area contributed by atoms with Gasteiger partial charge in [0.2, 0.25) is 0 Å². The first kappa shape index (κ1) is 19.5. The first-order valence-corrected chi connectivity index (χ1v) is 10.1. The molecule has 29 heavy (non-hydrogen) atoms. The standard InChI is InChI=1S/C22H26N4O3/c27-19(15-26-13-11-16-6-4-5-9-18(16)14-26)10-12-23-21(28)20-24-22(29-25-20)17-7-2-1-3-8-17/h1-9,16,18-19,27H,10-15H2,(H,23,28). The Bertz CT molecular complexity index is 877. The Morgan fingerprint density at radius 1 is 1.24 bits per heavy atom. The molecule has 1 aliphatic heterocycles. The molecule has 4 rings (SSSR count). The van der Waals surface area contributed by atoms with Crippen LogP contribution in [0.2, 0.25) is 0 Å². The highest BCUT2D eigenvalue weighted by Gasteiger charge is 2.27. The van der Waals surface area contributed by atoms with Crippen LogP contribution >= 0.6 is 0 Å². The molecule has 1 aromatic carbocycles. The van der Waals surface area contributed by atoms with E-state index in [9.17, 15) is 9.90 Å². The maximum atomic E-state index is 12.2. The third kappa shape index (κ3) is 4.99. The molecule has 2 N–H and O–H groups in total. The quantitative estimate of drug-likeness (QED) is 0.749. The van der Waals surface area contributed by atoms with Crippen LogP contribution in [-0.4, -0.2) is 58.3 Å². The molecule has 0 saturated carbocycles. The molecule has 7 nitrogen and oxygen atoms in total. The summed E-state index contributed by atoms with van der Waals surface area (Å²) in [5.74, 6) is 1.08. The number of amides is 1. The zero-order chi connectivity index (χ0) is 20.1. The molecule has 0 spiro atoms. The van der Waals surface area contributed by atoms with E-state index in [0.29, 0.717) is 37.2 Å². The van der Waals surface area contributed by atoms with Crippen LogP contribution in [0.15, 0.2) is 59.2 Å². The van der Waals surface area contributed by atoms with Crippen LogP contribution in [-0.2, 0) is 0 Å². The number of fused-ring (bicyclic) bond motifs is 1. The van der Waals surface area contributed by atoms with Gasteiger partial charge < -0.3 is 19.8 Å². The number of likely N-dealkylation sites (tertiary alicyclic amines) is 1. The van der Waals surface area contributed by atoms with Crippen LogP contribution in [0, 0.1) is 11.8 Å². The van der Waals surface area contributed by atoms with Gasteiger partial charge in [-0.3, -0.25) is 4.79 Å². The summed E-state index contributed by atoms with van der Waals surface area (Å²) in [5, 5.41) is 16.9. The Morgan fingerprint density at radius 3 is 2.86 bits per heavy atom. The minimum atomic E-state index is -0.486. The number of aliphatic hydroxyl groups excluding tert-OH is 1. The summed E-state index contributed by atoms with van der Waals surface area (Å²) >= 11 is 0. The van der Waals surface area contributed by atoms with Gasteiger partial charge in [-0.25, -0.2) is 0 Å². The van der Waals surface area contributed by atoms with Crippen molar-refractivity contribution in [2.75, 3.05) is 26.2 Å². The lowest BCUT2D eigenvalue weighted by atomic mass is 9.82. The van der Waals surface area contributed by atoms with Crippen LogP contribution in [0.1, 0.15) is 23.5 Å². The van der Waals surface area contributed by atoms with Gasteiger partial charge in [-0.2, -0.15) is 4.98 Å². The van der Waals surface area contributed by atoms with Crippen LogP contribution in [0.4, 0.5) is 0 Å². The summed E-state index contributed by atoms with van der Waals surface area (Å²) in [4.78, 5) is 18.7. The molecule has 0 bridgehead atoms. The molecule has 1 saturated heterocycles. The summed E-state index contributed by atoms with van der Waals surface area (Å²) < 4.78 is 5.15. The van der Waals surface area contributed by atoms with E-state index in [0.717, 1.165) is 25.1 Å². The molecule has 7 heteroatoms. The van der Waals surface area contributed by atoms with E-state index in [1.54, 1.807) is 0 Å². The van der Waals surface area contributed by atoms with Crippen LogP contribution in [0.3, 0.4) is 0 Å². The molecule has 1 fully saturated rings. The van der Waals surface area contributed by atoms with Crippen LogP contribution in [0.25, 0.3) is 11.5 Å². The average Bonchev–Trinajstić information content (AvgIpc) is 3.25. The maximum Gasteiger partial charge on any atom is 0.292 e. The van der Waals surface area contributed by atoms with Crippen LogP contribution < -0.4 is 5.32 Å². The molecule has 3 atom stereocenters. The molecular formula is C22H26N4O3. The van der Waals surface area contributed by atoms with Crippen molar-refractivity contribution in [1.82, 2.24) is 20.4 Å². The number of aliphatic hydroxyl groups is 1. The third-order valence-electron chi connectivity index (χ3n) is 5.51. The first-order valence-electron chi connectivity index (χ1n) is 10.1. The molecule has 2 aromatic rings. The number of β-amino-alcohol motifs (C(OH)–C–C–N with tert-alkyl or cyclic N) is 1. The van der Waals surface area contributed by atoms with Crippen molar-refractivity contribution < 1.29 is 14.4 Å². The van der Waals surface area contributed by atoms with Crippen molar-refractivity contribution in [1.29, 1.82) is 0 Å². The van der Waals surface area contributed by atoms with Gasteiger partial charge in [-0.1, -0.05) is 47.7 Å². The number of aromatic nitrogens is 2. The normalized spacial score (nSPS) is 22.2. The van der Waals surface area contributed by atoms with Gasteiger partial charge in [0, 0.05) is 25.2 Å². The lowest BCUT2D eigenvalue weighted by Gasteiger charge is -2.38. The Morgan fingerprint density at radius 2 is 2.03 bits per heavy atom. The highest BCUT2D eigenvalue weighted by atomic mass is 16.5. The lowest BCUT2D eigenvalue weighted by Crippen LogP contribution is -2.43. The molecular weight excluding hydrogens is 368 g/mol. The van der Waals surface area contributed by atoms with E-state index >= 15 is 0 Å². The molecule has 1 aromatic heterocycles. The van der Waals surface area contributed by atoms with Gasteiger partial charge in [-0.15, -0.1) is 0 Å². The summed E-state index contributed by atoms with van der Waals surface area (Å²) in [7, 11) is 0. The highest BCUT2D eigenvalue weighted by molar-refractivity contribution is 5.90. The number of hydrogen-bond acceptors (Lipinski definition) is 6. The predicted octanol–water partition coefficient (Wildman–Crippen LogP) is 2.28. The maximum absolute atomic E-state index is 12.2. The number of hydrogen-bond donors (Lipinski definition) is 2. The number of benzene rings is 1. The second-order valence-electron chi connectivity index (χ2n) is 7.63. The first-order chi connectivity index (χ1) is 14.2. The fourth-order valence-corrected chi connectivity index (χ4v) is 3.93. The number of nitrogens with one attached hydrogen (secondary N) is 1. The summed E-state index contributed by atoms with van der Waals surface area (Å²) in [6, 6.07) is 9.31. The van der Waals surface area contributed by atoms with E-state index < -0.39 is 12.0 Å². The fraction of sp³-hybridized carbons (Fsp3) is 0.409. The number of carbonyl (C=O) groups is 1. The minimum Gasteiger partial charge on any atom is -0.392 e. The van der Waals surface area contributed by atoms with E-state index in [1.165, 1.54) is 0 Å². The molecule has 3 unspecified atom stereocenters. The lowest BCUT2D eigenvalue weighted by molar-refractivity contribution is 0.0745. The molecule has 1 amide bonds. The molecule has 2 heterocycles. The van der Waals surface area contributed by atoms with Crippen molar-refractivity contribution in [3.05, 3.63) is 60.5 Å². The monoisotopic (exact) mass is 394 g/mol. The van der Waals surface area contributed by atoms with Gasteiger partial charge in [0.05, 0.1) is 6.10 Å². The molecule has 2 aliphatic rings. The van der Waals surface area contributed by atoms with E-state index in [1.807, 2.05) is 30.3 Å². The van der Waals surface area contributed by atoms with E-state index in [2.05, 4.69) is 44.7 Å². The average molecular weight is 394 g/mol. The number of rotatable bonds is 7. The van der Waals surface area contributed by atoms with Crippen molar-refractivity contribution in [3.63, 3.8) is 0 Å². The van der Waals surface area contributed by atoms with Gasteiger partial charge in [0.25, 0.3) is 17.6 Å². The zero-order valence-corrected chi connectivity index (χ0v) is 16.3. The Hall–Kier alpha value is -2.77. The van der Waals surface area contributed by atoms with E-state index in [4.69, 9.17) is 4.52 Å². The summed E-state index contributed by atoms with van der Waals surface area (Å²) in [6.07, 6.45) is 9.90. The highest BCUT2D eigenvalue weighted by Crippen LogP contribution is 2.28. The largest absolute Gasteiger partial charge is 0.392 e. The predicted molar refractivity (Wildman–Crippen MR) is 109 cm³/mol. The number of nitrogens with zero attached hydrogens (tertiary/aromatic N) is 3. The molecule has 152 valence electrons. The number of piperidine rings is 1. The Labute approximate surface area is 170 Å². The topological polar surface area (TPSA) is 91.5 Å². The van der Waals surface area contributed by atoms with Crippen LogP contribution in [0.5, 0.6) is 0 Å². The molecule has 0 radical (unpaired) electrons. The summed E-state index contributed by atoms with van der Waals surface area (Å²) in [6.45, 7) is 2.95. The number of carbonyl (C=O) groups excluding carboxylic acids is 1. The number of allylic oxidation sites excluding steroid dienone is 3. The van der Waals surface area contributed by atoms with Crippen molar-refractivity contribution in [2.45, 2.75) is 18.9 Å². The van der Waals surface area contributed by atoms with Gasteiger partial charge in [0.15, 0.2) is 0 Å². The van der Waals surface area contributed by atoms with E-state index in [-0.39, 0.29) is 5.82 Å².